The quantitative estimate of drug-likeness (QED) is 0.767. The summed E-state index contributed by atoms with van der Waals surface area (Å²) < 4.78 is 5.29. The Morgan fingerprint density at radius 2 is 2.17 bits per heavy atom. The predicted molar refractivity (Wildman–Crippen MR) is 66.8 cm³/mol. The number of hydrogen-bond acceptors (Lipinski definition) is 3. The van der Waals surface area contributed by atoms with Crippen molar-refractivity contribution in [1.29, 1.82) is 0 Å². The van der Waals surface area contributed by atoms with Crippen LogP contribution in [0.4, 0.5) is 0 Å². The molecule has 1 heterocycles. The zero-order valence-corrected chi connectivity index (χ0v) is 10.6. The van der Waals surface area contributed by atoms with Gasteiger partial charge in [-0.3, -0.25) is 4.79 Å². The topological polar surface area (TPSA) is 46.3 Å². The van der Waals surface area contributed by atoms with E-state index in [1.54, 1.807) is 4.90 Å². The molecule has 0 saturated heterocycles. The molecule has 4 heteroatoms. The van der Waals surface area contributed by atoms with Crippen molar-refractivity contribution < 1.29 is 9.32 Å². The van der Waals surface area contributed by atoms with E-state index in [4.69, 9.17) is 4.52 Å². The van der Waals surface area contributed by atoms with Gasteiger partial charge in [0.2, 0.25) is 5.91 Å². The highest BCUT2D eigenvalue weighted by atomic mass is 16.5. The number of nitrogens with zero attached hydrogens (tertiary/aromatic N) is 2. The van der Waals surface area contributed by atoms with E-state index in [0.29, 0.717) is 12.5 Å². The van der Waals surface area contributed by atoms with Gasteiger partial charge >= 0.3 is 0 Å². The van der Waals surface area contributed by atoms with E-state index in [1.807, 2.05) is 13.1 Å². The lowest BCUT2D eigenvalue weighted by molar-refractivity contribution is -0.134. The maximum Gasteiger partial charge on any atom is 0.226 e. The second-order valence-corrected chi connectivity index (χ2v) is 5.33. The number of carbonyl (C=O) groups is 1. The number of rotatable bonds is 4. The minimum absolute atomic E-state index is 0.129. The maximum atomic E-state index is 12.1. The Hall–Kier alpha value is -1.58. The molecule has 2 aliphatic carbocycles. The van der Waals surface area contributed by atoms with Crippen LogP contribution in [0.25, 0.3) is 0 Å². The summed E-state index contributed by atoms with van der Waals surface area (Å²) in [5, 5.41) is 4.04. The lowest BCUT2D eigenvalue weighted by atomic mass is 10.1. The molecule has 2 aliphatic rings. The van der Waals surface area contributed by atoms with Crippen molar-refractivity contribution in [2.75, 3.05) is 7.05 Å². The molecule has 1 aromatic heterocycles. The van der Waals surface area contributed by atoms with E-state index in [2.05, 4.69) is 17.3 Å². The maximum absolute atomic E-state index is 12.1. The van der Waals surface area contributed by atoms with Crippen molar-refractivity contribution in [2.45, 2.75) is 38.1 Å². The van der Waals surface area contributed by atoms with Crippen LogP contribution in [0.1, 0.15) is 43.1 Å². The molecule has 0 spiro atoms. The standard InChI is InChI=1S/C14H18N2O2/c1-16(14(17)11-4-2-3-5-11)9-12-8-13(18-15-12)10-6-7-10/h2-3,8,10-11H,4-7,9H2,1H3. The number of aromatic nitrogens is 1. The number of carbonyl (C=O) groups excluding carboxylic acids is 1. The zero-order valence-electron chi connectivity index (χ0n) is 10.6. The fraction of sp³-hybridized carbons (Fsp3) is 0.571. The zero-order chi connectivity index (χ0) is 12.5. The summed E-state index contributed by atoms with van der Waals surface area (Å²) in [5.74, 6) is 1.89. The van der Waals surface area contributed by atoms with Crippen LogP contribution in [0, 0.1) is 5.92 Å². The Bertz CT molecular complexity index is 466. The molecule has 4 nitrogen and oxygen atoms in total. The van der Waals surface area contributed by atoms with Crippen molar-refractivity contribution in [3.8, 4) is 0 Å². The molecular weight excluding hydrogens is 228 g/mol. The van der Waals surface area contributed by atoms with Gasteiger partial charge in [0.25, 0.3) is 0 Å². The van der Waals surface area contributed by atoms with Crippen LogP contribution in [0.15, 0.2) is 22.7 Å². The van der Waals surface area contributed by atoms with Gasteiger partial charge in [-0.15, -0.1) is 0 Å². The van der Waals surface area contributed by atoms with Gasteiger partial charge < -0.3 is 9.42 Å². The number of amides is 1. The SMILES string of the molecule is CN(Cc1cc(C2CC2)on1)C(=O)C1CC=CC1. The van der Waals surface area contributed by atoms with Crippen LogP contribution in [0.2, 0.25) is 0 Å². The average Bonchev–Trinajstić information content (AvgIpc) is 2.91. The van der Waals surface area contributed by atoms with Gasteiger partial charge in [-0.2, -0.15) is 0 Å². The van der Waals surface area contributed by atoms with Crippen molar-refractivity contribution in [1.82, 2.24) is 10.1 Å². The largest absolute Gasteiger partial charge is 0.361 e. The van der Waals surface area contributed by atoms with E-state index in [-0.39, 0.29) is 11.8 Å². The van der Waals surface area contributed by atoms with E-state index >= 15 is 0 Å². The molecule has 1 aromatic rings. The summed E-state index contributed by atoms with van der Waals surface area (Å²) >= 11 is 0. The van der Waals surface area contributed by atoms with Crippen LogP contribution >= 0.6 is 0 Å². The second-order valence-electron chi connectivity index (χ2n) is 5.33. The lowest BCUT2D eigenvalue weighted by Crippen LogP contribution is -2.31. The summed E-state index contributed by atoms with van der Waals surface area (Å²) in [4.78, 5) is 13.9. The minimum Gasteiger partial charge on any atom is -0.361 e. The average molecular weight is 246 g/mol. The van der Waals surface area contributed by atoms with E-state index < -0.39 is 0 Å². The molecule has 0 aromatic carbocycles. The minimum atomic E-state index is 0.129. The van der Waals surface area contributed by atoms with Crippen LogP contribution < -0.4 is 0 Å². The van der Waals surface area contributed by atoms with Crippen LogP contribution in [0.5, 0.6) is 0 Å². The first-order chi connectivity index (χ1) is 8.74. The van der Waals surface area contributed by atoms with Crippen molar-refractivity contribution >= 4 is 5.91 Å². The molecule has 0 N–H and O–H groups in total. The Balaban J connectivity index is 1.58. The van der Waals surface area contributed by atoms with E-state index in [9.17, 15) is 4.79 Å². The van der Waals surface area contributed by atoms with Gasteiger partial charge in [-0.1, -0.05) is 17.3 Å². The monoisotopic (exact) mass is 246 g/mol. The Morgan fingerprint density at radius 3 is 2.83 bits per heavy atom. The first-order valence-corrected chi connectivity index (χ1v) is 6.59. The third kappa shape index (κ3) is 2.33. The highest BCUT2D eigenvalue weighted by Crippen LogP contribution is 2.40. The van der Waals surface area contributed by atoms with Gasteiger partial charge in [0, 0.05) is 24.9 Å². The van der Waals surface area contributed by atoms with Crippen LogP contribution in [0.3, 0.4) is 0 Å². The molecule has 1 saturated carbocycles. The Kier molecular flexibility index (Phi) is 2.94. The fourth-order valence-electron chi connectivity index (χ4n) is 2.41. The van der Waals surface area contributed by atoms with Crippen molar-refractivity contribution in [2.24, 2.45) is 5.92 Å². The highest BCUT2D eigenvalue weighted by molar-refractivity contribution is 5.79. The second kappa shape index (κ2) is 4.59. The third-order valence-corrected chi connectivity index (χ3v) is 3.69. The summed E-state index contributed by atoms with van der Waals surface area (Å²) in [7, 11) is 1.84. The van der Waals surface area contributed by atoms with Crippen LogP contribution in [-0.2, 0) is 11.3 Å². The summed E-state index contributed by atoms with van der Waals surface area (Å²) in [6.07, 6.45) is 8.31. The summed E-state index contributed by atoms with van der Waals surface area (Å²) in [6.45, 7) is 0.547. The van der Waals surface area contributed by atoms with Crippen molar-refractivity contribution in [3.05, 3.63) is 29.7 Å². The Morgan fingerprint density at radius 1 is 1.44 bits per heavy atom. The summed E-state index contributed by atoms with van der Waals surface area (Å²) in [5.41, 5.74) is 0.860. The van der Waals surface area contributed by atoms with E-state index in [1.165, 1.54) is 12.8 Å². The lowest BCUT2D eigenvalue weighted by Gasteiger charge is -2.19. The third-order valence-electron chi connectivity index (χ3n) is 3.69. The first kappa shape index (κ1) is 11.5. The van der Waals surface area contributed by atoms with Gasteiger partial charge in [0.05, 0.1) is 6.54 Å². The molecular formula is C14H18N2O2. The molecule has 0 unspecified atom stereocenters. The molecule has 0 atom stereocenters. The molecule has 1 fully saturated rings. The van der Waals surface area contributed by atoms with Crippen LogP contribution in [-0.4, -0.2) is 23.0 Å². The molecule has 0 aliphatic heterocycles. The normalized spacial score (nSPS) is 19.4. The molecule has 0 radical (unpaired) electrons. The van der Waals surface area contributed by atoms with Gasteiger partial charge in [-0.05, 0) is 25.7 Å². The molecule has 1 amide bonds. The molecule has 0 bridgehead atoms. The molecule has 18 heavy (non-hydrogen) atoms. The Labute approximate surface area is 107 Å². The molecule has 96 valence electrons. The van der Waals surface area contributed by atoms with Gasteiger partial charge in [0.1, 0.15) is 11.5 Å². The number of allylic oxidation sites excluding steroid dienone is 2. The fourth-order valence-corrected chi connectivity index (χ4v) is 2.41. The first-order valence-electron chi connectivity index (χ1n) is 6.59. The summed E-state index contributed by atoms with van der Waals surface area (Å²) in [6, 6.07) is 1.99. The van der Waals surface area contributed by atoms with E-state index in [0.717, 1.165) is 24.3 Å². The van der Waals surface area contributed by atoms with Crippen molar-refractivity contribution in [3.63, 3.8) is 0 Å². The predicted octanol–water partition coefficient (Wildman–Crippen LogP) is 2.48. The van der Waals surface area contributed by atoms with Gasteiger partial charge in [-0.25, -0.2) is 0 Å². The van der Waals surface area contributed by atoms with Gasteiger partial charge in [0.15, 0.2) is 0 Å². The molecule has 3 rings (SSSR count). The highest BCUT2D eigenvalue weighted by Gasteiger charge is 2.28. The smallest absolute Gasteiger partial charge is 0.226 e. The number of hydrogen-bond donors (Lipinski definition) is 0.